The van der Waals surface area contributed by atoms with Crippen molar-refractivity contribution in [3.05, 3.63) is 0 Å². The van der Waals surface area contributed by atoms with Gasteiger partial charge in [-0.05, 0) is 45.2 Å². The molecule has 76 valence electrons. The Morgan fingerprint density at radius 1 is 1.31 bits per heavy atom. The molecule has 1 aliphatic carbocycles. The van der Waals surface area contributed by atoms with Crippen LogP contribution in [0.4, 0.5) is 0 Å². The van der Waals surface area contributed by atoms with Gasteiger partial charge in [0.25, 0.3) is 0 Å². The summed E-state index contributed by atoms with van der Waals surface area (Å²) in [6.07, 6.45) is 6.98. The summed E-state index contributed by atoms with van der Waals surface area (Å²) >= 11 is 0. The van der Waals surface area contributed by atoms with E-state index in [0.29, 0.717) is 5.54 Å². The molecule has 1 heterocycles. The van der Waals surface area contributed by atoms with E-state index in [4.69, 9.17) is 5.73 Å². The van der Waals surface area contributed by atoms with Crippen LogP contribution in [0.25, 0.3) is 0 Å². The van der Waals surface area contributed by atoms with Crippen molar-refractivity contribution < 1.29 is 0 Å². The molecule has 2 nitrogen and oxygen atoms in total. The van der Waals surface area contributed by atoms with Gasteiger partial charge in [-0.3, -0.25) is 4.90 Å². The molecule has 0 aromatic heterocycles. The first-order valence-corrected chi connectivity index (χ1v) is 5.70. The van der Waals surface area contributed by atoms with Crippen molar-refractivity contribution in [2.24, 2.45) is 11.7 Å². The second-order valence-corrected chi connectivity index (χ2v) is 5.04. The Bertz CT molecular complexity index is 171. The van der Waals surface area contributed by atoms with Crippen LogP contribution < -0.4 is 5.73 Å². The highest BCUT2D eigenvalue weighted by molar-refractivity contribution is 4.94. The molecule has 0 radical (unpaired) electrons. The Balaban J connectivity index is 1.94. The molecule has 1 aliphatic heterocycles. The third-order valence-electron chi connectivity index (χ3n) is 3.73. The summed E-state index contributed by atoms with van der Waals surface area (Å²) in [4.78, 5) is 2.62. The lowest BCUT2D eigenvalue weighted by Gasteiger charge is -2.38. The highest BCUT2D eigenvalue weighted by Crippen LogP contribution is 2.39. The van der Waals surface area contributed by atoms with Crippen LogP contribution in [0.5, 0.6) is 0 Å². The minimum Gasteiger partial charge on any atom is -0.329 e. The van der Waals surface area contributed by atoms with Crippen LogP contribution >= 0.6 is 0 Å². The SMILES string of the molecule is CC(CN)(CC1CC1)N1CCCC1. The van der Waals surface area contributed by atoms with Gasteiger partial charge in [0.15, 0.2) is 0 Å². The number of nitrogens with two attached hydrogens (primary N) is 1. The van der Waals surface area contributed by atoms with Crippen molar-refractivity contribution in [3.63, 3.8) is 0 Å². The Morgan fingerprint density at radius 2 is 1.92 bits per heavy atom. The molecule has 1 unspecified atom stereocenters. The monoisotopic (exact) mass is 182 g/mol. The summed E-state index contributed by atoms with van der Waals surface area (Å²) in [6.45, 7) is 5.75. The van der Waals surface area contributed by atoms with Crippen molar-refractivity contribution in [1.82, 2.24) is 4.90 Å². The van der Waals surface area contributed by atoms with Crippen LogP contribution in [0.15, 0.2) is 0 Å². The van der Waals surface area contributed by atoms with Crippen LogP contribution in [0.2, 0.25) is 0 Å². The quantitative estimate of drug-likeness (QED) is 0.715. The summed E-state index contributed by atoms with van der Waals surface area (Å²) in [7, 11) is 0. The fourth-order valence-electron chi connectivity index (χ4n) is 2.54. The first kappa shape index (κ1) is 9.47. The van der Waals surface area contributed by atoms with Crippen LogP contribution in [-0.2, 0) is 0 Å². The smallest absolute Gasteiger partial charge is 0.0306 e. The van der Waals surface area contributed by atoms with Crippen molar-refractivity contribution in [2.75, 3.05) is 19.6 Å². The lowest BCUT2D eigenvalue weighted by atomic mass is 9.93. The minimum absolute atomic E-state index is 0.317. The van der Waals surface area contributed by atoms with E-state index in [1.54, 1.807) is 0 Å². The van der Waals surface area contributed by atoms with E-state index in [1.807, 2.05) is 0 Å². The topological polar surface area (TPSA) is 29.3 Å². The molecule has 13 heavy (non-hydrogen) atoms. The van der Waals surface area contributed by atoms with E-state index in [9.17, 15) is 0 Å². The van der Waals surface area contributed by atoms with Gasteiger partial charge in [0.2, 0.25) is 0 Å². The van der Waals surface area contributed by atoms with Gasteiger partial charge in [-0.25, -0.2) is 0 Å². The molecule has 0 spiro atoms. The molecule has 1 saturated heterocycles. The molecule has 1 atom stereocenters. The molecule has 0 aromatic rings. The fourth-order valence-corrected chi connectivity index (χ4v) is 2.54. The number of likely N-dealkylation sites (tertiary alicyclic amines) is 1. The van der Waals surface area contributed by atoms with Gasteiger partial charge in [0.05, 0.1) is 0 Å². The van der Waals surface area contributed by atoms with Crippen molar-refractivity contribution in [1.29, 1.82) is 0 Å². The van der Waals surface area contributed by atoms with E-state index in [1.165, 1.54) is 45.2 Å². The van der Waals surface area contributed by atoms with Gasteiger partial charge >= 0.3 is 0 Å². The summed E-state index contributed by atoms with van der Waals surface area (Å²) < 4.78 is 0. The Morgan fingerprint density at radius 3 is 2.38 bits per heavy atom. The van der Waals surface area contributed by atoms with E-state index >= 15 is 0 Å². The van der Waals surface area contributed by atoms with Crippen molar-refractivity contribution in [3.8, 4) is 0 Å². The predicted octanol–water partition coefficient (Wildman–Crippen LogP) is 1.60. The van der Waals surface area contributed by atoms with Gasteiger partial charge in [-0.15, -0.1) is 0 Å². The Labute approximate surface area is 81.5 Å². The van der Waals surface area contributed by atoms with Gasteiger partial charge in [0.1, 0.15) is 0 Å². The highest BCUT2D eigenvalue weighted by Gasteiger charge is 2.37. The zero-order valence-electron chi connectivity index (χ0n) is 8.76. The summed E-state index contributed by atoms with van der Waals surface area (Å²) in [5, 5.41) is 0. The molecule has 1 saturated carbocycles. The predicted molar refractivity (Wildman–Crippen MR) is 55.6 cm³/mol. The van der Waals surface area contributed by atoms with Crippen molar-refractivity contribution in [2.45, 2.75) is 44.6 Å². The van der Waals surface area contributed by atoms with E-state index in [-0.39, 0.29) is 0 Å². The molecular weight excluding hydrogens is 160 g/mol. The zero-order valence-corrected chi connectivity index (χ0v) is 8.76. The molecule has 0 amide bonds. The number of hydrogen-bond donors (Lipinski definition) is 1. The average molecular weight is 182 g/mol. The third kappa shape index (κ3) is 2.05. The highest BCUT2D eigenvalue weighted by atomic mass is 15.2. The number of rotatable bonds is 4. The lowest BCUT2D eigenvalue weighted by Crippen LogP contribution is -2.50. The lowest BCUT2D eigenvalue weighted by molar-refractivity contribution is 0.126. The summed E-state index contributed by atoms with van der Waals surface area (Å²) in [6, 6.07) is 0. The van der Waals surface area contributed by atoms with Gasteiger partial charge in [0, 0.05) is 12.1 Å². The van der Waals surface area contributed by atoms with E-state index < -0.39 is 0 Å². The molecule has 2 N–H and O–H groups in total. The average Bonchev–Trinajstić information content (AvgIpc) is 2.77. The second-order valence-electron chi connectivity index (χ2n) is 5.04. The van der Waals surface area contributed by atoms with Gasteiger partial charge in [-0.2, -0.15) is 0 Å². The van der Waals surface area contributed by atoms with E-state index in [0.717, 1.165) is 12.5 Å². The van der Waals surface area contributed by atoms with Crippen LogP contribution in [0, 0.1) is 5.92 Å². The van der Waals surface area contributed by atoms with E-state index in [2.05, 4.69) is 11.8 Å². The first-order chi connectivity index (χ1) is 6.24. The zero-order chi connectivity index (χ0) is 9.31. The summed E-state index contributed by atoms with van der Waals surface area (Å²) in [5.41, 5.74) is 6.24. The molecule has 2 rings (SSSR count). The summed E-state index contributed by atoms with van der Waals surface area (Å²) in [5.74, 6) is 0.995. The second kappa shape index (κ2) is 3.58. The normalized spacial score (nSPS) is 29.1. The maximum absolute atomic E-state index is 5.92. The van der Waals surface area contributed by atoms with Gasteiger partial charge < -0.3 is 5.73 Å². The minimum atomic E-state index is 0.317. The fraction of sp³-hybridized carbons (Fsp3) is 1.00. The third-order valence-corrected chi connectivity index (χ3v) is 3.73. The maximum Gasteiger partial charge on any atom is 0.0306 e. The standard InChI is InChI=1S/C11H22N2/c1-11(9-12,8-10-4-5-10)13-6-2-3-7-13/h10H,2-9,12H2,1H3. The molecule has 2 heteroatoms. The maximum atomic E-state index is 5.92. The number of hydrogen-bond acceptors (Lipinski definition) is 2. The molecule has 0 aromatic carbocycles. The molecule has 2 aliphatic rings. The largest absolute Gasteiger partial charge is 0.329 e. The van der Waals surface area contributed by atoms with Crippen LogP contribution in [0.3, 0.4) is 0 Å². The molecular formula is C11H22N2. The Hall–Kier alpha value is -0.0800. The molecule has 2 fully saturated rings. The Kier molecular flexibility index (Phi) is 2.61. The first-order valence-electron chi connectivity index (χ1n) is 5.70. The van der Waals surface area contributed by atoms with Gasteiger partial charge in [-0.1, -0.05) is 12.8 Å². The van der Waals surface area contributed by atoms with Crippen molar-refractivity contribution >= 4 is 0 Å². The van der Waals surface area contributed by atoms with Crippen LogP contribution in [-0.4, -0.2) is 30.1 Å². The number of nitrogens with zero attached hydrogens (tertiary/aromatic N) is 1. The molecule has 0 bridgehead atoms. The van der Waals surface area contributed by atoms with Crippen LogP contribution in [0.1, 0.15) is 39.0 Å².